The van der Waals surface area contributed by atoms with Crippen LogP contribution in [0.1, 0.15) is 0 Å². The van der Waals surface area contributed by atoms with Crippen LogP contribution < -0.4 is 0 Å². The largest absolute Gasteiger partial charge is 0.277 e. The summed E-state index contributed by atoms with van der Waals surface area (Å²) in [7, 11) is 0. The van der Waals surface area contributed by atoms with Crippen LogP contribution in [-0.2, 0) is 0 Å². The molecule has 0 bridgehead atoms. The predicted molar refractivity (Wildman–Crippen MR) is 248 cm³/mol. The van der Waals surface area contributed by atoms with E-state index >= 15 is 0 Å². The molecule has 3 nitrogen and oxygen atoms in total. The SMILES string of the molecule is c1ccc(-c2nc(-n3c4c(-c5ccc6c(c5)sc5ccc7ccccc7c56)cccc4c4c5ccccc5c5ccccc5c43)nc3c2ccc2ccccc23)cc1. The lowest BCUT2D eigenvalue weighted by Gasteiger charge is -2.15. The van der Waals surface area contributed by atoms with Gasteiger partial charge < -0.3 is 0 Å². The molecule has 0 unspecified atom stereocenters. The Balaban J connectivity index is 1.21. The fourth-order valence-electron chi connectivity index (χ4n) is 9.64. The first kappa shape index (κ1) is 31.8. The van der Waals surface area contributed by atoms with Crippen molar-refractivity contribution in [1.82, 2.24) is 14.5 Å². The lowest BCUT2D eigenvalue weighted by Crippen LogP contribution is -2.05. The molecule has 3 heterocycles. The third-order valence-electron chi connectivity index (χ3n) is 12.2. The van der Waals surface area contributed by atoms with Gasteiger partial charge in [-0.15, -0.1) is 11.3 Å². The minimum Gasteiger partial charge on any atom is -0.277 e. The normalized spacial score (nSPS) is 12.1. The van der Waals surface area contributed by atoms with Gasteiger partial charge in [-0.2, -0.15) is 0 Å². The van der Waals surface area contributed by atoms with Crippen molar-refractivity contribution < 1.29 is 0 Å². The molecule has 0 saturated carbocycles. The van der Waals surface area contributed by atoms with Gasteiger partial charge in [0.25, 0.3) is 0 Å². The van der Waals surface area contributed by atoms with Crippen molar-refractivity contribution in [3.63, 3.8) is 0 Å². The molecule has 0 amide bonds. The van der Waals surface area contributed by atoms with E-state index in [0.717, 1.165) is 49.5 Å². The molecule has 0 aliphatic carbocycles. The second kappa shape index (κ2) is 12.1. The smallest absolute Gasteiger partial charge is 0.235 e. The van der Waals surface area contributed by atoms with Gasteiger partial charge in [0.2, 0.25) is 5.95 Å². The number of rotatable bonds is 3. The summed E-state index contributed by atoms with van der Waals surface area (Å²) in [6.45, 7) is 0. The number of para-hydroxylation sites is 1. The molecule has 58 heavy (non-hydrogen) atoms. The van der Waals surface area contributed by atoms with Crippen LogP contribution in [0.15, 0.2) is 188 Å². The number of nitrogens with zero attached hydrogens (tertiary/aromatic N) is 3. The first-order valence-corrected chi connectivity index (χ1v) is 20.6. The maximum Gasteiger partial charge on any atom is 0.235 e. The Bertz CT molecular complexity index is 3860. The van der Waals surface area contributed by atoms with Gasteiger partial charge >= 0.3 is 0 Å². The third-order valence-corrected chi connectivity index (χ3v) is 13.3. The zero-order chi connectivity index (χ0) is 37.9. The summed E-state index contributed by atoms with van der Waals surface area (Å²) >= 11 is 1.87. The van der Waals surface area contributed by atoms with Crippen LogP contribution in [0.3, 0.4) is 0 Å². The highest BCUT2D eigenvalue weighted by molar-refractivity contribution is 7.26. The predicted octanol–water partition coefficient (Wildman–Crippen LogP) is 15.0. The van der Waals surface area contributed by atoms with E-state index in [4.69, 9.17) is 9.97 Å². The Morgan fingerprint density at radius 3 is 1.83 bits per heavy atom. The molecule has 268 valence electrons. The lowest BCUT2D eigenvalue weighted by molar-refractivity contribution is 1.02. The van der Waals surface area contributed by atoms with E-state index in [1.165, 1.54) is 68.8 Å². The molecule has 10 aromatic carbocycles. The Morgan fingerprint density at radius 1 is 0.362 bits per heavy atom. The fourth-order valence-corrected chi connectivity index (χ4v) is 10.8. The fraction of sp³-hybridized carbons (Fsp3) is 0. The number of fused-ring (bicyclic) bond motifs is 16. The first-order valence-electron chi connectivity index (χ1n) is 19.7. The molecule has 0 saturated heterocycles. The Hall–Kier alpha value is -7.40. The molecule has 0 radical (unpaired) electrons. The molecular weight excluding hydrogens is 723 g/mol. The molecule has 0 spiro atoms. The quantitative estimate of drug-likeness (QED) is 0.168. The van der Waals surface area contributed by atoms with Crippen LogP contribution in [0.2, 0.25) is 0 Å². The van der Waals surface area contributed by atoms with Gasteiger partial charge in [0.1, 0.15) is 0 Å². The van der Waals surface area contributed by atoms with Crippen molar-refractivity contribution in [3.05, 3.63) is 188 Å². The summed E-state index contributed by atoms with van der Waals surface area (Å²) in [5.74, 6) is 0.657. The summed E-state index contributed by atoms with van der Waals surface area (Å²) < 4.78 is 4.96. The zero-order valence-electron chi connectivity index (χ0n) is 31.1. The number of benzene rings is 10. The molecule has 0 aliphatic rings. The molecule has 0 fully saturated rings. The van der Waals surface area contributed by atoms with Crippen molar-refractivity contribution in [2.24, 2.45) is 0 Å². The van der Waals surface area contributed by atoms with E-state index in [2.05, 4.69) is 193 Å². The highest BCUT2D eigenvalue weighted by Crippen LogP contribution is 2.47. The van der Waals surface area contributed by atoms with Gasteiger partial charge in [0.15, 0.2) is 0 Å². The molecule has 0 N–H and O–H groups in total. The van der Waals surface area contributed by atoms with Gasteiger partial charge in [0.05, 0.1) is 22.2 Å². The van der Waals surface area contributed by atoms with Crippen molar-refractivity contribution in [3.8, 4) is 28.3 Å². The summed E-state index contributed by atoms with van der Waals surface area (Å²) in [5.41, 5.74) is 7.45. The molecule has 13 rings (SSSR count). The molecule has 0 aliphatic heterocycles. The first-order chi connectivity index (χ1) is 28.8. The topological polar surface area (TPSA) is 30.7 Å². The van der Waals surface area contributed by atoms with Gasteiger partial charge in [-0.05, 0) is 56.1 Å². The number of hydrogen-bond donors (Lipinski definition) is 0. The zero-order valence-corrected chi connectivity index (χ0v) is 32.0. The highest BCUT2D eigenvalue weighted by atomic mass is 32.1. The van der Waals surface area contributed by atoms with E-state index in [-0.39, 0.29) is 0 Å². The van der Waals surface area contributed by atoms with Crippen molar-refractivity contribution >= 4 is 107 Å². The van der Waals surface area contributed by atoms with Crippen molar-refractivity contribution in [2.45, 2.75) is 0 Å². The molecule has 0 atom stereocenters. The van der Waals surface area contributed by atoms with Gasteiger partial charge in [0, 0.05) is 58.2 Å². The van der Waals surface area contributed by atoms with Crippen LogP contribution in [0.4, 0.5) is 0 Å². The van der Waals surface area contributed by atoms with Crippen LogP contribution in [0.5, 0.6) is 0 Å². The van der Waals surface area contributed by atoms with Crippen LogP contribution >= 0.6 is 11.3 Å². The van der Waals surface area contributed by atoms with Gasteiger partial charge in [-0.3, -0.25) is 4.57 Å². The average molecular weight is 754 g/mol. The number of thiophene rings is 1. The second-order valence-corrected chi connectivity index (χ2v) is 16.3. The van der Waals surface area contributed by atoms with E-state index in [9.17, 15) is 0 Å². The maximum atomic E-state index is 5.62. The van der Waals surface area contributed by atoms with E-state index < -0.39 is 0 Å². The van der Waals surface area contributed by atoms with Gasteiger partial charge in [-0.25, -0.2) is 9.97 Å². The van der Waals surface area contributed by atoms with Crippen LogP contribution in [-0.4, -0.2) is 14.5 Å². The molecule has 3 aromatic heterocycles. The summed E-state index contributed by atoms with van der Waals surface area (Å²) in [6, 6.07) is 68.3. The number of hydrogen-bond acceptors (Lipinski definition) is 3. The van der Waals surface area contributed by atoms with Crippen molar-refractivity contribution in [2.75, 3.05) is 0 Å². The molecule has 13 aromatic rings. The average Bonchev–Trinajstić information content (AvgIpc) is 3.86. The minimum absolute atomic E-state index is 0.657. The molecular formula is C54H31N3S. The number of aromatic nitrogens is 3. The van der Waals surface area contributed by atoms with E-state index in [0.29, 0.717) is 5.95 Å². The Kier molecular flexibility index (Phi) is 6.60. The Labute approximate surface area is 336 Å². The summed E-state index contributed by atoms with van der Waals surface area (Å²) in [4.78, 5) is 11.2. The summed E-state index contributed by atoms with van der Waals surface area (Å²) in [5, 5.41) is 15.7. The lowest BCUT2D eigenvalue weighted by atomic mass is 9.95. The third kappa shape index (κ3) is 4.43. The monoisotopic (exact) mass is 753 g/mol. The van der Waals surface area contributed by atoms with E-state index in [1.54, 1.807) is 0 Å². The standard InChI is InChI=1S/C54H31N3S/c1-2-15-34(16-3-1)50-45-29-25-33-14-5-7-18-37(33)51(45)56-54(55-50)57-52-38(35-26-28-43-47(31-35)58-46-30-27-32-13-4-6-17-36(32)48(43)46)23-12-24-44(52)49-41-21-10-8-19-39(41)40-20-9-11-22-42(40)53(49)57/h1-31H. The molecule has 4 heteroatoms. The van der Waals surface area contributed by atoms with Gasteiger partial charge in [-0.1, -0.05) is 170 Å². The van der Waals surface area contributed by atoms with E-state index in [1.807, 2.05) is 11.3 Å². The highest BCUT2D eigenvalue weighted by Gasteiger charge is 2.24. The van der Waals surface area contributed by atoms with Crippen LogP contribution in [0, 0.1) is 0 Å². The van der Waals surface area contributed by atoms with Crippen LogP contribution in [0.25, 0.3) is 124 Å². The maximum absolute atomic E-state index is 5.62. The Morgan fingerprint density at radius 2 is 1.00 bits per heavy atom. The minimum atomic E-state index is 0.657. The van der Waals surface area contributed by atoms with Crippen molar-refractivity contribution in [1.29, 1.82) is 0 Å². The second-order valence-electron chi connectivity index (χ2n) is 15.2. The summed E-state index contributed by atoms with van der Waals surface area (Å²) in [6.07, 6.45) is 0.